The summed E-state index contributed by atoms with van der Waals surface area (Å²) in [6.45, 7) is 0.437. The lowest BCUT2D eigenvalue weighted by Crippen LogP contribution is -2.32. The molecule has 2 N–H and O–H groups in total. The van der Waals surface area contributed by atoms with Gasteiger partial charge in [0.25, 0.3) is 11.5 Å². The largest absolute Gasteiger partial charge is 0.505 e. The number of nitrogens with one attached hydrogen (secondary N) is 1. The van der Waals surface area contributed by atoms with Crippen molar-refractivity contribution in [2.45, 2.75) is 13.0 Å². The van der Waals surface area contributed by atoms with Gasteiger partial charge in [-0.1, -0.05) is 12.1 Å². The number of fused-ring (bicyclic) bond motifs is 1. The molecule has 2 aromatic heterocycles. The predicted molar refractivity (Wildman–Crippen MR) is 102 cm³/mol. The molecular weight excluding hydrogens is 365 g/mol. The maximum atomic E-state index is 13.1. The summed E-state index contributed by atoms with van der Waals surface area (Å²) in [5, 5.41) is 12.8. The highest BCUT2D eigenvalue weighted by Crippen LogP contribution is 2.26. The molecule has 0 spiro atoms. The summed E-state index contributed by atoms with van der Waals surface area (Å²) in [6.07, 6.45) is 2.03. The summed E-state index contributed by atoms with van der Waals surface area (Å²) in [5.74, 6) is -1.46. The number of hydrogen-bond acceptors (Lipinski definition) is 5. The molecule has 0 saturated heterocycles. The van der Waals surface area contributed by atoms with E-state index in [1.807, 2.05) is 0 Å². The average molecular weight is 385 g/mol. The highest BCUT2D eigenvalue weighted by Gasteiger charge is 2.22. The molecule has 0 saturated carbocycles. The van der Waals surface area contributed by atoms with E-state index in [2.05, 4.69) is 10.3 Å². The van der Waals surface area contributed by atoms with Crippen molar-refractivity contribution in [3.05, 3.63) is 69.4 Å². The van der Waals surface area contributed by atoms with Crippen LogP contribution in [0.1, 0.15) is 21.5 Å². The minimum atomic E-state index is -0.687. The van der Waals surface area contributed by atoms with Crippen LogP contribution in [0.25, 0.3) is 11.0 Å². The molecule has 0 aliphatic rings. The standard InChI is InChI=1S/C20H20FN3O4/c1-22-19(26)16-18(25)17-15(24(20(16)27)7-8-28-2)10-13(11-23-17)9-12-3-5-14(21)6-4-12/h3-6,10-11,25H,7-9H2,1-2H3,(H,22,26). The minimum absolute atomic E-state index is 0.150. The molecule has 8 heteroatoms. The lowest BCUT2D eigenvalue weighted by atomic mass is 10.1. The van der Waals surface area contributed by atoms with E-state index in [4.69, 9.17) is 4.74 Å². The minimum Gasteiger partial charge on any atom is -0.505 e. The third-order valence-electron chi connectivity index (χ3n) is 4.43. The molecule has 3 rings (SSSR count). The summed E-state index contributed by atoms with van der Waals surface area (Å²) >= 11 is 0. The zero-order chi connectivity index (χ0) is 20.3. The molecule has 0 radical (unpaired) electrons. The van der Waals surface area contributed by atoms with Gasteiger partial charge in [0, 0.05) is 26.9 Å². The van der Waals surface area contributed by atoms with Gasteiger partial charge in [0.05, 0.1) is 12.1 Å². The second kappa shape index (κ2) is 8.18. The molecule has 146 valence electrons. The van der Waals surface area contributed by atoms with Crippen LogP contribution in [-0.4, -0.2) is 41.3 Å². The number of aromatic hydroxyl groups is 1. The Kier molecular flexibility index (Phi) is 5.70. The lowest BCUT2D eigenvalue weighted by molar-refractivity contribution is 0.0958. The highest BCUT2D eigenvalue weighted by molar-refractivity contribution is 6.01. The first-order valence-corrected chi connectivity index (χ1v) is 8.66. The van der Waals surface area contributed by atoms with Crippen LogP contribution in [0.15, 0.2) is 41.3 Å². The van der Waals surface area contributed by atoms with Crippen LogP contribution in [-0.2, 0) is 17.7 Å². The number of methoxy groups -OCH3 is 1. The summed E-state index contributed by atoms with van der Waals surface area (Å²) in [7, 11) is 2.88. The summed E-state index contributed by atoms with van der Waals surface area (Å²) in [6, 6.07) is 7.82. The van der Waals surface area contributed by atoms with E-state index in [-0.39, 0.29) is 30.0 Å². The molecule has 0 aliphatic heterocycles. The van der Waals surface area contributed by atoms with Crippen molar-refractivity contribution in [3.63, 3.8) is 0 Å². The van der Waals surface area contributed by atoms with E-state index in [0.29, 0.717) is 11.9 Å². The summed E-state index contributed by atoms with van der Waals surface area (Å²) < 4.78 is 19.5. The number of rotatable bonds is 6. The van der Waals surface area contributed by atoms with Crippen LogP contribution in [0, 0.1) is 5.82 Å². The van der Waals surface area contributed by atoms with Crippen molar-refractivity contribution in [3.8, 4) is 5.75 Å². The van der Waals surface area contributed by atoms with E-state index >= 15 is 0 Å². The Balaban J connectivity index is 2.16. The average Bonchev–Trinajstić information content (AvgIpc) is 2.69. The Morgan fingerprint density at radius 2 is 2.00 bits per heavy atom. The van der Waals surface area contributed by atoms with E-state index < -0.39 is 17.2 Å². The van der Waals surface area contributed by atoms with E-state index in [0.717, 1.165) is 11.1 Å². The number of aromatic nitrogens is 2. The van der Waals surface area contributed by atoms with Crippen molar-refractivity contribution in [1.82, 2.24) is 14.9 Å². The Hall–Kier alpha value is -3.26. The number of nitrogens with zero attached hydrogens (tertiary/aromatic N) is 2. The fourth-order valence-corrected chi connectivity index (χ4v) is 3.02. The molecule has 0 atom stereocenters. The van der Waals surface area contributed by atoms with Crippen LogP contribution in [0.2, 0.25) is 0 Å². The lowest BCUT2D eigenvalue weighted by Gasteiger charge is -2.14. The van der Waals surface area contributed by atoms with Gasteiger partial charge in [-0.25, -0.2) is 4.39 Å². The van der Waals surface area contributed by atoms with Gasteiger partial charge >= 0.3 is 0 Å². The molecule has 2 heterocycles. The first-order valence-electron chi connectivity index (χ1n) is 8.66. The molecule has 1 amide bonds. The Morgan fingerprint density at radius 1 is 1.29 bits per heavy atom. The number of hydrogen-bond donors (Lipinski definition) is 2. The van der Waals surface area contributed by atoms with Crippen LogP contribution in [0.3, 0.4) is 0 Å². The second-order valence-corrected chi connectivity index (χ2v) is 6.27. The number of carbonyl (C=O) groups is 1. The topological polar surface area (TPSA) is 93.5 Å². The normalized spacial score (nSPS) is 11.0. The van der Waals surface area contributed by atoms with Gasteiger partial charge in [0.1, 0.15) is 16.9 Å². The molecule has 0 unspecified atom stereocenters. The predicted octanol–water partition coefficient (Wildman–Crippen LogP) is 1.84. The molecule has 0 aliphatic carbocycles. The van der Waals surface area contributed by atoms with E-state index in [9.17, 15) is 19.1 Å². The van der Waals surface area contributed by atoms with Gasteiger partial charge in [-0.15, -0.1) is 0 Å². The first-order chi connectivity index (χ1) is 13.5. The number of ether oxygens (including phenoxy) is 1. The van der Waals surface area contributed by atoms with Gasteiger partial charge in [0.15, 0.2) is 5.75 Å². The monoisotopic (exact) mass is 385 g/mol. The zero-order valence-electron chi connectivity index (χ0n) is 15.5. The third kappa shape index (κ3) is 3.72. The Bertz CT molecular complexity index is 1080. The van der Waals surface area contributed by atoms with E-state index in [1.165, 1.54) is 30.9 Å². The van der Waals surface area contributed by atoms with Crippen LogP contribution < -0.4 is 10.9 Å². The molecule has 0 fully saturated rings. The number of pyridine rings is 2. The quantitative estimate of drug-likeness (QED) is 0.675. The smallest absolute Gasteiger partial charge is 0.267 e. The van der Waals surface area contributed by atoms with E-state index in [1.54, 1.807) is 24.4 Å². The summed E-state index contributed by atoms with van der Waals surface area (Å²) in [5.41, 5.74) is 1.22. The van der Waals surface area contributed by atoms with Crippen LogP contribution in [0.4, 0.5) is 4.39 Å². The second-order valence-electron chi connectivity index (χ2n) is 6.27. The maximum absolute atomic E-state index is 13.1. The van der Waals surface area contributed by atoms with Crippen molar-refractivity contribution in [1.29, 1.82) is 0 Å². The molecule has 1 aromatic carbocycles. The van der Waals surface area contributed by atoms with Crippen molar-refractivity contribution in [2.75, 3.05) is 20.8 Å². The molecule has 28 heavy (non-hydrogen) atoms. The van der Waals surface area contributed by atoms with Gasteiger partial charge in [-0.3, -0.25) is 14.6 Å². The van der Waals surface area contributed by atoms with Crippen molar-refractivity contribution in [2.24, 2.45) is 0 Å². The Labute approximate surface area is 160 Å². The SMILES string of the molecule is CNC(=O)c1c(O)c2ncc(Cc3ccc(F)cc3)cc2n(CCOC)c1=O. The first kappa shape index (κ1) is 19.5. The third-order valence-corrected chi connectivity index (χ3v) is 4.43. The highest BCUT2D eigenvalue weighted by atomic mass is 19.1. The van der Waals surface area contributed by atoms with Gasteiger partial charge < -0.3 is 19.7 Å². The maximum Gasteiger partial charge on any atom is 0.267 e. The molecule has 3 aromatic rings. The number of amides is 1. The zero-order valence-corrected chi connectivity index (χ0v) is 15.5. The van der Waals surface area contributed by atoms with Crippen molar-refractivity contribution < 1.29 is 19.0 Å². The van der Waals surface area contributed by atoms with Gasteiger partial charge in [-0.2, -0.15) is 0 Å². The fourth-order valence-electron chi connectivity index (χ4n) is 3.02. The molecule has 7 nitrogen and oxygen atoms in total. The Morgan fingerprint density at radius 3 is 2.64 bits per heavy atom. The molecular formula is C20H20FN3O4. The van der Waals surface area contributed by atoms with Gasteiger partial charge in [0.2, 0.25) is 0 Å². The van der Waals surface area contributed by atoms with Crippen molar-refractivity contribution >= 4 is 16.9 Å². The van der Waals surface area contributed by atoms with Crippen LogP contribution >= 0.6 is 0 Å². The number of benzene rings is 1. The van der Waals surface area contributed by atoms with Crippen LogP contribution in [0.5, 0.6) is 5.75 Å². The number of halogens is 1. The van der Waals surface area contributed by atoms with Gasteiger partial charge in [-0.05, 0) is 35.7 Å². The molecule has 0 bridgehead atoms. The summed E-state index contributed by atoms with van der Waals surface area (Å²) in [4.78, 5) is 29.2. The number of carbonyl (C=O) groups excluding carboxylic acids is 1. The fraction of sp³-hybridized carbons (Fsp3) is 0.250.